The Kier molecular flexibility index (Phi) is 8.20. The van der Waals surface area contributed by atoms with Crippen LogP contribution in [0.25, 0.3) is 0 Å². The molecule has 224 valence electrons. The van der Waals surface area contributed by atoms with Crippen molar-refractivity contribution in [3.8, 4) is 0 Å². The minimum absolute atomic E-state index is 0.0482. The molecule has 0 bridgehead atoms. The maximum absolute atomic E-state index is 14.1. The normalized spacial score (nSPS) is 19.9. The van der Waals surface area contributed by atoms with Crippen molar-refractivity contribution in [2.75, 3.05) is 23.8 Å². The molecule has 0 saturated carbocycles. The molecule has 3 aromatic rings. The number of likely N-dealkylation sites (tertiary alicyclic amines) is 1. The summed E-state index contributed by atoms with van der Waals surface area (Å²) in [6.45, 7) is 4.04. The Morgan fingerprint density at radius 3 is 2.42 bits per heavy atom. The van der Waals surface area contributed by atoms with Crippen molar-refractivity contribution >= 4 is 29.3 Å². The second-order valence-corrected chi connectivity index (χ2v) is 11.7. The van der Waals surface area contributed by atoms with Gasteiger partial charge in [0.15, 0.2) is 0 Å². The van der Waals surface area contributed by atoms with E-state index < -0.39 is 6.04 Å². The number of benzene rings is 3. The second kappa shape index (κ2) is 12.3. The molecule has 0 unspecified atom stereocenters. The van der Waals surface area contributed by atoms with Gasteiger partial charge in [-0.05, 0) is 73.1 Å². The van der Waals surface area contributed by atoms with Gasteiger partial charge in [0.2, 0.25) is 5.91 Å². The number of hydrogen-bond donors (Lipinski definition) is 4. The Hall–Kier alpha value is -4.57. The van der Waals surface area contributed by atoms with E-state index in [-0.39, 0.29) is 30.1 Å². The molecule has 10 nitrogen and oxygen atoms in total. The first-order valence-corrected chi connectivity index (χ1v) is 15.1. The third-order valence-corrected chi connectivity index (χ3v) is 9.10. The van der Waals surface area contributed by atoms with Crippen LogP contribution in [0, 0.1) is 0 Å². The number of urea groups is 2. The number of hydrazine groups is 1. The number of nitrogens with zero attached hydrogens (tertiary/aromatic N) is 3. The fourth-order valence-electron chi connectivity index (χ4n) is 6.50. The van der Waals surface area contributed by atoms with Gasteiger partial charge in [-0.15, -0.1) is 0 Å². The van der Waals surface area contributed by atoms with Crippen LogP contribution in [0.15, 0.2) is 72.8 Å². The predicted octanol–water partition coefficient (Wildman–Crippen LogP) is 4.60. The number of para-hydroxylation sites is 1. The average molecular weight is 582 g/mol. The highest BCUT2D eigenvalue weighted by atomic mass is 16.2. The Bertz CT molecular complexity index is 1490. The third-order valence-electron chi connectivity index (χ3n) is 9.10. The van der Waals surface area contributed by atoms with Crippen molar-refractivity contribution in [3.63, 3.8) is 0 Å². The second-order valence-electron chi connectivity index (χ2n) is 11.7. The van der Waals surface area contributed by atoms with Crippen LogP contribution in [0.3, 0.4) is 0 Å². The molecular weight excluding hydrogens is 542 g/mol. The van der Waals surface area contributed by atoms with E-state index in [0.717, 1.165) is 33.6 Å². The number of amides is 5. The fourth-order valence-corrected chi connectivity index (χ4v) is 6.50. The number of fused-ring (bicyclic) bond motifs is 2. The highest BCUT2D eigenvalue weighted by Crippen LogP contribution is 2.30. The Labute approximate surface area is 252 Å². The summed E-state index contributed by atoms with van der Waals surface area (Å²) >= 11 is 0. The molecule has 3 heterocycles. The minimum Gasteiger partial charge on any atom is -0.330 e. The van der Waals surface area contributed by atoms with Gasteiger partial charge in [0.25, 0.3) is 0 Å². The molecule has 0 radical (unpaired) electrons. The summed E-state index contributed by atoms with van der Waals surface area (Å²) in [6, 6.07) is 22.7. The number of anilines is 2. The number of nitrogens with one attached hydrogen (secondary N) is 3. The van der Waals surface area contributed by atoms with Crippen LogP contribution in [0.1, 0.15) is 54.5 Å². The Morgan fingerprint density at radius 2 is 1.65 bits per heavy atom. The summed E-state index contributed by atoms with van der Waals surface area (Å²) < 4.78 is 0. The molecule has 3 aliphatic heterocycles. The standard InChI is InChI=1S/C33H39N7O3/c1-22(23-7-3-2-4-8-23)39-21-26-19-27(37-34)13-11-24(26)12-14-30(31(39)41)36-32(42)38-17-15-28(16-18-38)40-20-25-9-5-6-10-29(25)35-33(40)43/h2-11,13,19,22,28,30,37H,12,14-18,20-21,34H2,1H3,(H,35,43)(H,36,42)/t22-,30+/m0/s1. The van der Waals surface area contributed by atoms with Crippen LogP contribution >= 0.6 is 0 Å². The average Bonchev–Trinajstić information content (AvgIpc) is 3.04. The quantitative estimate of drug-likeness (QED) is 0.259. The van der Waals surface area contributed by atoms with Crippen LogP contribution < -0.4 is 21.9 Å². The van der Waals surface area contributed by atoms with Crippen molar-refractivity contribution in [1.29, 1.82) is 0 Å². The molecule has 2 atom stereocenters. The van der Waals surface area contributed by atoms with E-state index in [1.807, 2.05) is 89.5 Å². The zero-order valence-corrected chi connectivity index (χ0v) is 24.5. The molecule has 43 heavy (non-hydrogen) atoms. The van der Waals surface area contributed by atoms with Gasteiger partial charge in [0, 0.05) is 43.6 Å². The number of piperidine rings is 1. The van der Waals surface area contributed by atoms with E-state index >= 15 is 0 Å². The number of carbonyl (C=O) groups is 3. The SMILES string of the molecule is C[C@@H](c1ccccc1)N1Cc2cc(NN)ccc2CC[C@@H](NC(=O)N2CCC(N3Cc4ccccc4NC3=O)CC2)C1=O. The zero-order chi connectivity index (χ0) is 29.9. The van der Waals surface area contributed by atoms with E-state index in [1.54, 1.807) is 4.90 Å². The van der Waals surface area contributed by atoms with Crippen molar-refractivity contribution in [2.24, 2.45) is 5.84 Å². The molecule has 0 aliphatic carbocycles. The van der Waals surface area contributed by atoms with Gasteiger partial charge in [-0.2, -0.15) is 0 Å². The van der Waals surface area contributed by atoms with E-state index in [2.05, 4.69) is 16.1 Å². The number of hydrogen-bond acceptors (Lipinski definition) is 5. The summed E-state index contributed by atoms with van der Waals surface area (Å²) in [7, 11) is 0. The lowest BCUT2D eigenvalue weighted by molar-refractivity contribution is -0.136. The van der Waals surface area contributed by atoms with Crippen LogP contribution in [0.2, 0.25) is 0 Å². The maximum atomic E-state index is 14.1. The predicted molar refractivity (Wildman–Crippen MR) is 166 cm³/mol. The van der Waals surface area contributed by atoms with Crippen LogP contribution in [-0.2, 0) is 24.3 Å². The summed E-state index contributed by atoms with van der Waals surface area (Å²) in [5.41, 5.74) is 8.67. The van der Waals surface area contributed by atoms with Crippen LogP contribution in [0.5, 0.6) is 0 Å². The lowest BCUT2D eigenvalue weighted by Gasteiger charge is -2.41. The first-order chi connectivity index (χ1) is 20.9. The minimum atomic E-state index is -0.652. The third kappa shape index (κ3) is 6.01. The van der Waals surface area contributed by atoms with E-state index in [4.69, 9.17) is 5.84 Å². The molecule has 0 spiro atoms. The summed E-state index contributed by atoms with van der Waals surface area (Å²) in [4.78, 5) is 45.9. The lowest BCUT2D eigenvalue weighted by atomic mass is 9.94. The lowest BCUT2D eigenvalue weighted by Crippen LogP contribution is -2.56. The number of nitrogen functional groups attached to an aromatic ring is 1. The van der Waals surface area contributed by atoms with E-state index in [9.17, 15) is 14.4 Å². The van der Waals surface area contributed by atoms with Gasteiger partial charge in [0.05, 0.1) is 6.04 Å². The summed E-state index contributed by atoms with van der Waals surface area (Å²) in [6.07, 6.45) is 2.53. The van der Waals surface area contributed by atoms with Crippen LogP contribution in [0.4, 0.5) is 21.0 Å². The summed E-state index contributed by atoms with van der Waals surface area (Å²) in [5.74, 6) is 5.59. The molecule has 0 aromatic heterocycles. The molecule has 3 aliphatic rings. The van der Waals surface area contributed by atoms with Crippen molar-refractivity contribution in [2.45, 2.75) is 63.8 Å². The van der Waals surface area contributed by atoms with Crippen molar-refractivity contribution in [1.82, 2.24) is 20.0 Å². The first kappa shape index (κ1) is 28.5. The van der Waals surface area contributed by atoms with Gasteiger partial charge < -0.3 is 30.8 Å². The Balaban J connectivity index is 1.14. The molecule has 5 N–H and O–H groups in total. The monoisotopic (exact) mass is 581 g/mol. The van der Waals surface area contributed by atoms with Gasteiger partial charge in [-0.1, -0.05) is 54.6 Å². The highest BCUT2D eigenvalue weighted by molar-refractivity contribution is 5.92. The molecule has 3 aromatic carbocycles. The first-order valence-electron chi connectivity index (χ1n) is 15.1. The molecule has 1 saturated heterocycles. The van der Waals surface area contributed by atoms with Crippen molar-refractivity contribution in [3.05, 3.63) is 95.1 Å². The number of carbonyl (C=O) groups excluding carboxylic acids is 3. The fraction of sp³-hybridized carbons (Fsp3) is 0.364. The van der Waals surface area contributed by atoms with Crippen LogP contribution in [-0.4, -0.2) is 57.8 Å². The highest BCUT2D eigenvalue weighted by Gasteiger charge is 2.36. The van der Waals surface area contributed by atoms with Crippen molar-refractivity contribution < 1.29 is 14.4 Å². The topological polar surface area (TPSA) is 123 Å². The molecule has 1 fully saturated rings. The van der Waals surface area contributed by atoms with Gasteiger partial charge in [-0.3, -0.25) is 10.6 Å². The van der Waals surface area contributed by atoms with Gasteiger partial charge in [-0.25, -0.2) is 9.59 Å². The van der Waals surface area contributed by atoms with E-state index in [0.29, 0.717) is 51.9 Å². The maximum Gasteiger partial charge on any atom is 0.322 e. The molecular formula is C33H39N7O3. The Morgan fingerprint density at radius 1 is 0.907 bits per heavy atom. The van der Waals surface area contributed by atoms with Gasteiger partial charge >= 0.3 is 12.1 Å². The summed E-state index contributed by atoms with van der Waals surface area (Å²) in [5, 5.41) is 6.07. The molecule has 6 rings (SSSR count). The number of rotatable bonds is 5. The number of nitrogens with two attached hydrogens (primary N) is 1. The van der Waals surface area contributed by atoms with E-state index in [1.165, 1.54) is 0 Å². The van der Waals surface area contributed by atoms with Gasteiger partial charge in [0.1, 0.15) is 6.04 Å². The largest absolute Gasteiger partial charge is 0.330 e. The zero-order valence-electron chi connectivity index (χ0n) is 24.5. The molecule has 5 amide bonds. The number of aryl methyl sites for hydroxylation is 1. The smallest absolute Gasteiger partial charge is 0.322 e. The molecule has 10 heteroatoms.